The minimum Gasteiger partial charge on any atom is -0.483 e. The van der Waals surface area contributed by atoms with Crippen molar-refractivity contribution in [3.05, 3.63) is 30.5 Å². The molecule has 5 nitrogen and oxygen atoms in total. The third-order valence-electron chi connectivity index (χ3n) is 3.76. The molecule has 5 heteroatoms. The summed E-state index contributed by atoms with van der Waals surface area (Å²) in [5.41, 5.74) is 7.22. The van der Waals surface area contributed by atoms with Crippen LogP contribution in [0.1, 0.15) is 19.8 Å². The number of rotatable bonds is 5. The number of aromatic nitrogens is 1. The number of benzene rings is 1. The van der Waals surface area contributed by atoms with Gasteiger partial charge in [-0.3, -0.25) is 9.78 Å². The van der Waals surface area contributed by atoms with Crippen LogP contribution in [0.5, 0.6) is 5.75 Å². The van der Waals surface area contributed by atoms with Crippen LogP contribution in [0, 0.1) is 0 Å². The summed E-state index contributed by atoms with van der Waals surface area (Å²) in [6.45, 7) is 2.79. The summed E-state index contributed by atoms with van der Waals surface area (Å²) in [5.74, 6) is 0.682. The van der Waals surface area contributed by atoms with E-state index in [0.29, 0.717) is 23.0 Å². The van der Waals surface area contributed by atoms with E-state index >= 15 is 0 Å². The molecule has 0 radical (unpaired) electrons. The topological polar surface area (TPSA) is 68.5 Å². The van der Waals surface area contributed by atoms with Crippen molar-refractivity contribution >= 4 is 22.5 Å². The number of likely N-dealkylation sites (N-methyl/N-ethyl adjacent to an activating group) is 1. The predicted octanol–water partition coefficient (Wildman–Crippen LogP) is 2.21. The molecule has 1 fully saturated rings. The molecule has 1 amide bonds. The lowest BCUT2D eigenvalue weighted by Gasteiger charge is -2.20. The number of carbonyl (C=O) groups is 1. The monoisotopic (exact) mass is 285 g/mol. The molecule has 21 heavy (non-hydrogen) atoms. The molecule has 1 aromatic carbocycles. The van der Waals surface area contributed by atoms with Crippen LogP contribution < -0.4 is 10.5 Å². The Morgan fingerprint density at radius 2 is 2.24 bits per heavy atom. The van der Waals surface area contributed by atoms with Gasteiger partial charge in [0.2, 0.25) is 0 Å². The van der Waals surface area contributed by atoms with Crippen molar-refractivity contribution in [1.82, 2.24) is 9.88 Å². The number of fused-ring (bicyclic) bond motifs is 1. The molecule has 1 aliphatic carbocycles. The first-order valence-corrected chi connectivity index (χ1v) is 7.26. The number of hydrogen-bond donors (Lipinski definition) is 1. The van der Waals surface area contributed by atoms with Gasteiger partial charge in [-0.25, -0.2) is 0 Å². The highest BCUT2D eigenvalue weighted by molar-refractivity contribution is 5.94. The van der Waals surface area contributed by atoms with E-state index in [2.05, 4.69) is 4.98 Å². The van der Waals surface area contributed by atoms with Crippen LogP contribution in [0.25, 0.3) is 10.9 Å². The Morgan fingerprint density at radius 3 is 2.95 bits per heavy atom. The van der Waals surface area contributed by atoms with E-state index in [9.17, 15) is 4.79 Å². The summed E-state index contributed by atoms with van der Waals surface area (Å²) in [7, 11) is 0. The van der Waals surface area contributed by atoms with Gasteiger partial charge in [-0.05, 0) is 44.0 Å². The quantitative estimate of drug-likeness (QED) is 0.855. The lowest BCUT2D eigenvalue weighted by Crippen LogP contribution is -2.36. The van der Waals surface area contributed by atoms with E-state index in [1.165, 1.54) is 0 Å². The molecule has 1 aliphatic rings. The first-order valence-electron chi connectivity index (χ1n) is 7.26. The van der Waals surface area contributed by atoms with Gasteiger partial charge in [0.15, 0.2) is 6.61 Å². The number of pyridine rings is 1. The summed E-state index contributed by atoms with van der Waals surface area (Å²) in [5, 5.41) is 0.833. The second-order valence-electron chi connectivity index (χ2n) is 5.25. The van der Waals surface area contributed by atoms with Crippen molar-refractivity contribution in [2.45, 2.75) is 25.8 Å². The van der Waals surface area contributed by atoms with Crippen LogP contribution in [0.2, 0.25) is 0 Å². The van der Waals surface area contributed by atoms with Crippen LogP contribution in [0.3, 0.4) is 0 Å². The third-order valence-corrected chi connectivity index (χ3v) is 3.76. The molecule has 1 heterocycles. The van der Waals surface area contributed by atoms with Gasteiger partial charge in [-0.2, -0.15) is 0 Å². The first-order chi connectivity index (χ1) is 10.2. The Kier molecular flexibility index (Phi) is 3.64. The van der Waals surface area contributed by atoms with E-state index in [4.69, 9.17) is 10.5 Å². The van der Waals surface area contributed by atoms with E-state index < -0.39 is 0 Å². The van der Waals surface area contributed by atoms with Crippen molar-refractivity contribution < 1.29 is 9.53 Å². The van der Waals surface area contributed by atoms with Gasteiger partial charge in [-0.15, -0.1) is 0 Å². The van der Waals surface area contributed by atoms with E-state index in [0.717, 1.165) is 24.8 Å². The van der Waals surface area contributed by atoms with E-state index in [-0.39, 0.29) is 12.5 Å². The number of ether oxygens (including phenoxy) is 1. The average Bonchev–Trinajstić information content (AvgIpc) is 3.32. The van der Waals surface area contributed by atoms with Crippen LogP contribution in [0.4, 0.5) is 5.69 Å². The smallest absolute Gasteiger partial charge is 0.260 e. The normalized spacial score (nSPS) is 14.1. The molecule has 3 rings (SSSR count). The molecule has 0 unspecified atom stereocenters. The van der Waals surface area contributed by atoms with E-state index in [1.54, 1.807) is 18.3 Å². The molecule has 2 aromatic rings. The average molecular weight is 285 g/mol. The van der Waals surface area contributed by atoms with Crippen molar-refractivity contribution in [1.29, 1.82) is 0 Å². The van der Waals surface area contributed by atoms with Crippen LogP contribution in [-0.4, -0.2) is 35.0 Å². The van der Waals surface area contributed by atoms with Gasteiger partial charge >= 0.3 is 0 Å². The standard InChI is InChI=1S/C16H19N3O2/c1-2-19(11-5-6-11)15(20)10-21-14-8-7-13(17)16-12(14)4-3-9-18-16/h3-4,7-9,11H,2,5-6,10,17H2,1H3. The Bertz CT molecular complexity index is 668. The number of nitrogens with two attached hydrogens (primary N) is 1. The lowest BCUT2D eigenvalue weighted by molar-refractivity contribution is -0.133. The molecule has 0 atom stereocenters. The summed E-state index contributed by atoms with van der Waals surface area (Å²) < 4.78 is 5.71. The molecule has 1 saturated carbocycles. The SMILES string of the molecule is CCN(C(=O)COc1ccc(N)c2ncccc12)C1CC1. The zero-order valence-corrected chi connectivity index (χ0v) is 12.1. The van der Waals surface area contributed by atoms with Gasteiger partial charge in [0, 0.05) is 24.2 Å². The Balaban J connectivity index is 1.76. The third kappa shape index (κ3) is 2.77. The van der Waals surface area contributed by atoms with Crippen molar-refractivity contribution in [2.75, 3.05) is 18.9 Å². The molecule has 1 aromatic heterocycles. The minimum atomic E-state index is 0.0360. The number of anilines is 1. The van der Waals surface area contributed by atoms with Gasteiger partial charge in [0.05, 0.1) is 11.2 Å². The maximum absolute atomic E-state index is 12.2. The maximum atomic E-state index is 12.2. The van der Waals surface area contributed by atoms with Crippen LogP contribution in [0.15, 0.2) is 30.5 Å². The Morgan fingerprint density at radius 1 is 1.43 bits per heavy atom. The van der Waals surface area contributed by atoms with Crippen molar-refractivity contribution in [3.63, 3.8) is 0 Å². The first kappa shape index (κ1) is 13.7. The molecule has 0 spiro atoms. The van der Waals surface area contributed by atoms with Gasteiger partial charge in [0.25, 0.3) is 5.91 Å². The van der Waals surface area contributed by atoms with Gasteiger partial charge < -0.3 is 15.4 Å². The molecule has 0 bridgehead atoms. The fraction of sp³-hybridized carbons (Fsp3) is 0.375. The fourth-order valence-corrected chi connectivity index (χ4v) is 2.54. The Labute approximate surface area is 123 Å². The number of nitrogens with zero attached hydrogens (tertiary/aromatic N) is 2. The zero-order chi connectivity index (χ0) is 14.8. The number of hydrogen-bond acceptors (Lipinski definition) is 4. The summed E-state index contributed by atoms with van der Waals surface area (Å²) in [4.78, 5) is 18.3. The van der Waals surface area contributed by atoms with Crippen LogP contribution in [-0.2, 0) is 4.79 Å². The molecule has 0 aliphatic heterocycles. The minimum absolute atomic E-state index is 0.0360. The number of amides is 1. The van der Waals surface area contributed by atoms with Crippen molar-refractivity contribution in [3.8, 4) is 5.75 Å². The molecule has 2 N–H and O–H groups in total. The highest BCUT2D eigenvalue weighted by atomic mass is 16.5. The fourth-order valence-electron chi connectivity index (χ4n) is 2.54. The summed E-state index contributed by atoms with van der Waals surface area (Å²) in [6, 6.07) is 7.69. The lowest BCUT2D eigenvalue weighted by atomic mass is 10.2. The summed E-state index contributed by atoms with van der Waals surface area (Å²) in [6.07, 6.45) is 3.90. The number of carbonyl (C=O) groups excluding carboxylic acids is 1. The van der Waals surface area contributed by atoms with Crippen LogP contribution >= 0.6 is 0 Å². The van der Waals surface area contributed by atoms with E-state index in [1.807, 2.05) is 24.0 Å². The molecule has 0 saturated heterocycles. The second kappa shape index (κ2) is 5.60. The molecular formula is C16H19N3O2. The molecule has 110 valence electrons. The highest BCUT2D eigenvalue weighted by Gasteiger charge is 2.31. The van der Waals surface area contributed by atoms with Crippen molar-refractivity contribution in [2.24, 2.45) is 0 Å². The second-order valence-corrected chi connectivity index (χ2v) is 5.25. The van der Waals surface area contributed by atoms with Gasteiger partial charge in [-0.1, -0.05) is 0 Å². The Hall–Kier alpha value is -2.30. The number of nitrogen functional groups attached to an aromatic ring is 1. The largest absolute Gasteiger partial charge is 0.483 e. The zero-order valence-electron chi connectivity index (χ0n) is 12.1. The highest BCUT2D eigenvalue weighted by Crippen LogP contribution is 2.29. The maximum Gasteiger partial charge on any atom is 0.260 e. The molecular weight excluding hydrogens is 266 g/mol. The summed E-state index contributed by atoms with van der Waals surface area (Å²) >= 11 is 0. The van der Waals surface area contributed by atoms with Gasteiger partial charge in [0.1, 0.15) is 5.75 Å². The predicted molar refractivity (Wildman–Crippen MR) is 82.1 cm³/mol.